The SMILES string of the molecule is O=C(NC1CC1)c1cccc(NC(=O)c2cn[nH]c2-c2ccc(F)cc2)c1. The molecule has 0 radical (unpaired) electrons. The lowest BCUT2D eigenvalue weighted by atomic mass is 10.1. The Labute approximate surface area is 154 Å². The van der Waals surface area contributed by atoms with E-state index >= 15 is 0 Å². The van der Waals surface area contributed by atoms with E-state index in [-0.39, 0.29) is 23.7 Å². The molecule has 0 unspecified atom stereocenters. The van der Waals surface area contributed by atoms with Crippen LogP contribution in [0.15, 0.2) is 54.7 Å². The van der Waals surface area contributed by atoms with Crippen LogP contribution in [0, 0.1) is 5.82 Å². The summed E-state index contributed by atoms with van der Waals surface area (Å²) in [5, 5.41) is 12.4. The van der Waals surface area contributed by atoms with Crippen molar-refractivity contribution in [2.24, 2.45) is 0 Å². The summed E-state index contributed by atoms with van der Waals surface area (Å²) in [6, 6.07) is 12.8. The van der Waals surface area contributed by atoms with Gasteiger partial charge in [-0.15, -0.1) is 0 Å². The Morgan fingerprint density at radius 2 is 1.85 bits per heavy atom. The van der Waals surface area contributed by atoms with E-state index < -0.39 is 0 Å². The number of carbonyl (C=O) groups excluding carboxylic acids is 2. The second-order valence-electron chi connectivity index (χ2n) is 6.45. The van der Waals surface area contributed by atoms with Crippen LogP contribution in [-0.2, 0) is 0 Å². The average Bonchev–Trinajstić information content (AvgIpc) is 3.34. The van der Waals surface area contributed by atoms with Crippen molar-refractivity contribution in [1.82, 2.24) is 15.5 Å². The van der Waals surface area contributed by atoms with Crippen LogP contribution in [0.4, 0.5) is 10.1 Å². The van der Waals surface area contributed by atoms with Gasteiger partial charge in [-0.25, -0.2) is 4.39 Å². The Balaban J connectivity index is 1.52. The van der Waals surface area contributed by atoms with Crippen molar-refractivity contribution in [2.45, 2.75) is 18.9 Å². The van der Waals surface area contributed by atoms with E-state index in [1.165, 1.54) is 18.3 Å². The third kappa shape index (κ3) is 3.87. The number of anilines is 1. The van der Waals surface area contributed by atoms with E-state index in [1.807, 2.05) is 0 Å². The first-order valence-electron chi connectivity index (χ1n) is 8.62. The molecule has 0 bridgehead atoms. The number of amides is 2. The molecule has 0 saturated heterocycles. The topological polar surface area (TPSA) is 86.9 Å². The molecule has 2 aromatic carbocycles. The molecule has 1 aromatic heterocycles. The molecule has 1 aliphatic rings. The van der Waals surface area contributed by atoms with Crippen LogP contribution < -0.4 is 10.6 Å². The summed E-state index contributed by atoms with van der Waals surface area (Å²) in [6.45, 7) is 0. The van der Waals surface area contributed by atoms with E-state index in [2.05, 4.69) is 20.8 Å². The maximum Gasteiger partial charge on any atom is 0.259 e. The first-order chi connectivity index (χ1) is 13.1. The fourth-order valence-corrected chi connectivity index (χ4v) is 2.73. The van der Waals surface area contributed by atoms with Crippen molar-refractivity contribution in [3.63, 3.8) is 0 Å². The standard InChI is InChI=1S/C20H17FN4O2/c21-14-6-4-12(5-7-14)18-17(11-22-25-18)20(27)24-16-3-1-2-13(10-16)19(26)23-15-8-9-15/h1-7,10-11,15H,8-9H2,(H,22,25)(H,23,26)(H,24,27). The lowest BCUT2D eigenvalue weighted by molar-refractivity contribution is 0.0949. The normalized spacial score (nSPS) is 13.2. The number of aromatic amines is 1. The van der Waals surface area contributed by atoms with Gasteiger partial charge in [0, 0.05) is 22.9 Å². The number of halogens is 1. The van der Waals surface area contributed by atoms with Crippen molar-refractivity contribution in [3.05, 3.63) is 71.7 Å². The molecule has 1 saturated carbocycles. The molecule has 2 amide bonds. The first-order valence-corrected chi connectivity index (χ1v) is 8.62. The zero-order valence-electron chi connectivity index (χ0n) is 14.3. The van der Waals surface area contributed by atoms with Gasteiger partial charge in [-0.3, -0.25) is 14.7 Å². The van der Waals surface area contributed by atoms with Crippen molar-refractivity contribution in [1.29, 1.82) is 0 Å². The van der Waals surface area contributed by atoms with Gasteiger partial charge in [-0.2, -0.15) is 5.10 Å². The van der Waals surface area contributed by atoms with E-state index in [9.17, 15) is 14.0 Å². The van der Waals surface area contributed by atoms with Crippen LogP contribution in [0.1, 0.15) is 33.6 Å². The largest absolute Gasteiger partial charge is 0.349 e. The number of hydrogen-bond donors (Lipinski definition) is 3. The molecule has 1 aliphatic carbocycles. The monoisotopic (exact) mass is 364 g/mol. The van der Waals surface area contributed by atoms with Crippen LogP contribution >= 0.6 is 0 Å². The summed E-state index contributed by atoms with van der Waals surface area (Å²) in [4.78, 5) is 24.8. The third-order valence-corrected chi connectivity index (χ3v) is 4.31. The molecular formula is C20H17FN4O2. The van der Waals surface area contributed by atoms with E-state index in [0.29, 0.717) is 28.1 Å². The number of nitrogens with zero attached hydrogens (tertiary/aromatic N) is 1. The molecule has 3 aromatic rings. The van der Waals surface area contributed by atoms with Crippen LogP contribution in [-0.4, -0.2) is 28.1 Å². The van der Waals surface area contributed by atoms with E-state index in [0.717, 1.165) is 12.8 Å². The van der Waals surface area contributed by atoms with Gasteiger partial charge in [0.2, 0.25) is 0 Å². The van der Waals surface area contributed by atoms with Crippen molar-refractivity contribution >= 4 is 17.5 Å². The predicted octanol–water partition coefficient (Wildman–Crippen LogP) is 3.36. The molecule has 27 heavy (non-hydrogen) atoms. The minimum absolute atomic E-state index is 0.149. The van der Waals surface area contributed by atoms with E-state index in [1.54, 1.807) is 36.4 Å². The maximum atomic E-state index is 13.1. The summed E-state index contributed by atoms with van der Waals surface area (Å²) in [7, 11) is 0. The van der Waals surface area contributed by atoms with Crippen molar-refractivity contribution in [2.75, 3.05) is 5.32 Å². The van der Waals surface area contributed by atoms with Gasteiger partial charge in [0.15, 0.2) is 0 Å². The predicted molar refractivity (Wildman–Crippen MR) is 98.9 cm³/mol. The van der Waals surface area contributed by atoms with Gasteiger partial charge in [0.25, 0.3) is 11.8 Å². The molecule has 0 spiro atoms. The molecule has 0 atom stereocenters. The zero-order valence-corrected chi connectivity index (χ0v) is 14.3. The number of rotatable bonds is 5. The molecular weight excluding hydrogens is 347 g/mol. The molecule has 7 heteroatoms. The Hall–Kier alpha value is -3.48. The average molecular weight is 364 g/mol. The maximum absolute atomic E-state index is 13.1. The summed E-state index contributed by atoms with van der Waals surface area (Å²) in [5.74, 6) is -0.878. The summed E-state index contributed by atoms with van der Waals surface area (Å²) in [6.07, 6.45) is 3.43. The van der Waals surface area contributed by atoms with Gasteiger partial charge < -0.3 is 10.6 Å². The molecule has 0 aliphatic heterocycles. The van der Waals surface area contributed by atoms with Gasteiger partial charge in [-0.1, -0.05) is 6.07 Å². The number of H-pyrrole nitrogens is 1. The van der Waals surface area contributed by atoms with Crippen LogP contribution in [0.25, 0.3) is 11.3 Å². The number of carbonyl (C=O) groups is 2. The van der Waals surface area contributed by atoms with E-state index in [4.69, 9.17) is 0 Å². The lowest BCUT2D eigenvalue weighted by Gasteiger charge is -2.08. The minimum atomic E-state index is -0.372. The fourth-order valence-electron chi connectivity index (χ4n) is 2.73. The first kappa shape index (κ1) is 17.0. The fraction of sp³-hybridized carbons (Fsp3) is 0.150. The van der Waals surface area contributed by atoms with Gasteiger partial charge in [0.1, 0.15) is 5.82 Å². The van der Waals surface area contributed by atoms with Crippen molar-refractivity contribution < 1.29 is 14.0 Å². The third-order valence-electron chi connectivity index (χ3n) is 4.31. The highest BCUT2D eigenvalue weighted by Crippen LogP contribution is 2.23. The highest BCUT2D eigenvalue weighted by molar-refractivity contribution is 6.08. The molecule has 4 rings (SSSR count). The Bertz CT molecular complexity index is 993. The van der Waals surface area contributed by atoms with Crippen molar-refractivity contribution in [3.8, 4) is 11.3 Å². The van der Waals surface area contributed by atoms with Crippen LogP contribution in [0.2, 0.25) is 0 Å². The lowest BCUT2D eigenvalue weighted by Crippen LogP contribution is -2.25. The summed E-state index contributed by atoms with van der Waals surface area (Å²) < 4.78 is 13.1. The molecule has 3 N–H and O–H groups in total. The highest BCUT2D eigenvalue weighted by Gasteiger charge is 2.24. The second kappa shape index (κ2) is 7.03. The van der Waals surface area contributed by atoms with Gasteiger partial charge in [0.05, 0.1) is 17.5 Å². The number of nitrogens with one attached hydrogen (secondary N) is 3. The molecule has 136 valence electrons. The van der Waals surface area contributed by atoms with Crippen LogP contribution in [0.5, 0.6) is 0 Å². The highest BCUT2D eigenvalue weighted by atomic mass is 19.1. The number of aromatic nitrogens is 2. The molecule has 1 fully saturated rings. The Morgan fingerprint density at radius 1 is 1.07 bits per heavy atom. The number of benzene rings is 2. The smallest absolute Gasteiger partial charge is 0.259 e. The van der Waals surface area contributed by atoms with Gasteiger partial charge in [-0.05, 0) is 55.3 Å². The number of hydrogen-bond acceptors (Lipinski definition) is 3. The molecule has 1 heterocycles. The second-order valence-corrected chi connectivity index (χ2v) is 6.45. The minimum Gasteiger partial charge on any atom is -0.349 e. The summed E-state index contributed by atoms with van der Waals surface area (Å²) in [5.41, 5.74) is 2.47. The Kier molecular flexibility index (Phi) is 4.42. The quantitative estimate of drug-likeness (QED) is 0.649. The van der Waals surface area contributed by atoms with Gasteiger partial charge >= 0.3 is 0 Å². The Morgan fingerprint density at radius 3 is 2.59 bits per heavy atom. The molecule has 6 nitrogen and oxygen atoms in total. The summed E-state index contributed by atoms with van der Waals surface area (Å²) >= 11 is 0. The van der Waals surface area contributed by atoms with Crippen LogP contribution in [0.3, 0.4) is 0 Å². The zero-order chi connectivity index (χ0) is 18.8.